The zero-order valence-electron chi connectivity index (χ0n) is 9.33. The Morgan fingerprint density at radius 1 is 1.27 bits per heavy atom. The highest BCUT2D eigenvalue weighted by molar-refractivity contribution is 5.44. The van der Waals surface area contributed by atoms with E-state index in [4.69, 9.17) is 10.5 Å². The number of ether oxygens (including phenoxy) is 1. The molecule has 3 N–H and O–H groups in total. The van der Waals surface area contributed by atoms with Crippen LogP contribution in [-0.4, -0.2) is 26.8 Å². The molecule has 0 saturated carbocycles. The van der Waals surface area contributed by atoms with E-state index in [1.165, 1.54) is 5.56 Å². The normalized spacial score (nSPS) is 10.3. The molecule has 0 aliphatic rings. The Morgan fingerprint density at radius 2 is 2.00 bits per heavy atom. The van der Waals surface area contributed by atoms with E-state index in [0.717, 1.165) is 31.7 Å². The van der Waals surface area contributed by atoms with Crippen LogP contribution in [0.4, 0.5) is 5.69 Å². The summed E-state index contributed by atoms with van der Waals surface area (Å²) in [5.74, 6) is 0. The smallest absolute Gasteiger partial charge is 0.0479 e. The molecule has 3 heteroatoms. The van der Waals surface area contributed by atoms with Crippen LogP contribution in [0.25, 0.3) is 0 Å². The van der Waals surface area contributed by atoms with Crippen molar-refractivity contribution in [2.24, 2.45) is 5.73 Å². The van der Waals surface area contributed by atoms with Gasteiger partial charge in [0.05, 0.1) is 0 Å². The van der Waals surface area contributed by atoms with Crippen molar-refractivity contribution in [3.63, 3.8) is 0 Å². The van der Waals surface area contributed by atoms with Crippen LogP contribution in [0.2, 0.25) is 0 Å². The molecular formula is C12H20N2O. The van der Waals surface area contributed by atoms with Crippen molar-refractivity contribution in [1.29, 1.82) is 0 Å². The molecule has 1 aromatic carbocycles. The third kappa shape index (κ3) is 4.81. The first-order valence-electron chi connectivity index (χ1n) is 5.38. The summed E-state index contributed by atoms with van der Waals surface area (Å²) in [7, 11) is 1.72. The zero-order chi connectivity index (χ0) is 10.9. The van der Waals surface area contributed by atoms with Crippen LogP contribution in [0, 0.1) is 0 Å². The molecule has 0 aliphatic carbocycles. The summed E-state index contributed by atoms with van der Waals surface area (Å²) in [6, 6.07) is 8.42. The summed E-state index contributed by atoms with van der Waals surface area (Å²) < 4.78 is 4.98. The third-order valence-corrected chi connectivity index (χ3v) is 2.24. The Hall–Kier alpha value is -1.06. The minimum Gasteiger partial charge on any atom is -0.385 e. The van der Waals surface area contributed by atoms with E-state index in [9.17, 15) is 0 Å². The van der Waals surface area contributed by atoms with Gasteiger partial charge in [-0.1, -0.05) is 12.1 Å². The van der Waals surface area contributed by atoms with E-state index in [1.54, 1.807) is 7.11 Å². The second-order valence-corrected chi connectivity index (χ2v) is 3.51. The molecular weight excluding hydrogens is 188 g/mol. The first kappa shape index (κ1) is 12.0. The highest BCUT2D eigenvalue weighted by Gasteiger charge is 1.93. The number of methoxy groups -OCH3 is 1. The molecule has 0 aromatic heterocycles. The number of hydrogen-bond donors (Lipinski definition) is 2. The van der Waals surface area contributed by atoms with Gasteiger partial charge in [0.1, 0.15) is 0 Å². The van der Waals surface area contributed by atoms with E-state index in [2.05, 4.69) is 29.6 Å². The number of rotatable bonds is 7. The Kier molecular flexibility index (Phi) is 5.81. The summed E-state index contributed by atoms with van der Waals surface area (Å²) in [5.41, 5.74) is 7.93. The lowest BCUT2D eigenvalue weighted by Crippen LogP contribution is -2.05. The fraction of sp³-hybridized carbons (Fsp3) is 0.500. The van der Waals surface area contributed by atoms with Gasteiger partial charge in [0.25, 0.3) is 0 Å². The van der Waals surface area contributed by atoms with E-state index < -0.39 is 0 Å². The lowest BCUT2D eigenvalue weighted by atomic mass is 10.1. The van der Waals surface area contributed by atoms with Gasteiger partial charge in [-0.25, -0.2) is 0 Å². The summed E-state index contributed by atoms with van der Waals surface area (Å²) in [6.45, 7) is 2.46. The van der Waals surface area contributed by atoms with Crippen molar-refractivity contribution in [2.45, 2.75) is 12.8 Å². The third-order valence-electron chi connectivity index (χ3n) is 2.24. The Labute approximate surface area is 91.6 Å². The standard InChI is InChI=1S/C12H20N2O/c1-15-10-2-9-14-12-5-3-11(4-6-12)7-8-13/h3-6,14H,2,7-10,13H2,1H3. The van der Waals surface area contributed by atoms with Crippen molar-refractivity contribution < 1.29 is 4.74 Å². The molecule has 0 unspecified atom stereocenters. The Balaban J connectivity index is 2.29. The van der Waals surface area contributed by atoms with Gasteiger partial charge in [-0.05, 0) is 37.1 Å². The summed E-state index contributed by atoms with van der Waals surface area (Å²) in [5, 5.41) is 3.34. The van der Waals surface area contributed by atoms with Crippen LogP contribution in [0.5, 0.6) is 0 Å². The van der Waals surface area contributed by atoms with E-state index in [1.807, 2.05) is 0 Å². The fourth-order valence-corrected chi connectivity index (χ4v) is 1.41. The SMILES string of the molecule is COCCCNc1ccc(CCN)cc1. The molecule has 3 nitrogen and oxygen atoms in total. The van der Waals surface area contributed by atoms with Crippen LogP contribution in [0.1, 0.15) is 12.0 Å². The molecule has 0 fully saturated rings. The maximum absolute atomic E-state index is 5.48. The zero-order valence-corrected chi connectivity index (χ0v) is 9.33. The van der Waals surface area contributed by atoms with Crippen molar-refractivity contribution in [3.05, 3.63) is 29.8 Å². The van der Waals surface area contributed by atoms with Crippen molar-refractivity contribution >= 4 is 5.69 Å². The van der Waals surface area contributed by atoms with E-state index >= 15 is 0 Å². The second kappa shape index (κ2) is 7.26. The maximum atomic E-state index is 5.48. The average Bonchev–Trinajstić information content (AvgIpc) is 2.27. The van der Waals surface area contributed by atoms with Gasteiger partial charge in [0.15, 0.2) is 0 Å². The predicted molar refractivity (Wildman–Crippen MR) is 64.2 cm³/mol. The monoisotopic (exact) mass is 208 g/mol. The Morgan fingerprint density at radius 3 is 2.60 bits per heavy atom. The predicted octanol–water partition coefficient (Wildman–Crippen LogP) is 1.64. The van der Waals surface area contributed by atoms with Crippen LogP contribution in [0.15, 0.2) is 24.3 Å². The largest absolute Gasteiger partial charge is 0.385 e. The number of nitrogens with two attached hydrogens (primary N) is 1. The van der Waals surface area contributed by atoms with Gasteiger partial charge in [-0.2, -0.15) is 0 Å². The molecule has 1 aromatic rings. The Bertz CT molecular complexity index is 259. The summed E-state index contributed by atoms with van der Waals surface area (Å²) in [6.07, 6.45) is 1.98. The molecule has 1 rings (SSSR count). The molecule has 0 aliphatic heterocycles. The van der Waals surface area contributed by atoms with Gasteiger partial charge in [0.2, 0.25) is 0 Å². The molecule has 0 bridgehead atoms. The first-order valence-corrected chi connectivity index (χ1v) is 5.38. The molecule has 84 valence electrons. The molecule has 0 heterocycles. The van der Waals surface area contributed by atoms with Crippen LogP contribution >= 0.6 is 0 Å². The average molecular weight is 208 g/mol. The molecule has 0 atom stereocenters. The number of nitrogens with one attached hydrogen (secondary N) is 1. The van der Waals surface area contributed by atoms with E-state index in [0.29, 0.717) is 6.54 Å². The lowest BCUT2D eigenvalue weighted by Gasteiger charge is -2.06. The van der Waals surface area contributed by atoms with E-state index in [-0.39, 0.29) is 0 Å². The molecule has 0 spiro atoms. The number of benzene rings is 1. The van der Waals surface area contributed by atoms with Crippen molar-refractivity contribution in [3.8, 4) is 0 Å². The van der Waals surface area contributed by atoms with Gasteiger partial charge in [0, 0.05) is 25.9 Å². The van der Waals surface area contributed by atoms with Gasteiger partial charge in [-0.15, -0.1) is 0 Å². The minimum absolute atomic E-state index is 0.709. The van der Waals surface area contributed by atoms with Gasteiger partial charge < -0.3 is 15.8 Å². The number of anilines is 1. The quantitative estimate of drug-likeness (QED) is 0.670. The van der Waals surface area contributed by atoms with Crippen LogP contribution in [-0.2, 0) is 11.2 Å². The highest BCUT2D eigenvalue weighted by Crippen LogP contribution is 2.09. The van der Waals surface area contributed by atoms with Crippen molar-refractivity contribution in [1.82, 2.24) is 0 Å². The lowest BCUT2D eigenvalue weighted by molar-refractivity contribution is 0.198. The highest BCUT2D eigenvalue weighted by atomic mass is 16.5. The summed E-state index contributed by atoms with van der Waals surface area (Å²) in [4.78, 5) is 0. The van der Waals surface area contributed by atoms with Gasteiger partial charge in [-0.3, -0.25) is 0 Å². The van der Waals surface area contributed by atoms with Crippen LogP contribution < -0.4 is 11.1 Å². The van der Waals surface area contributed by atoms with Gasteiger partial charge >= 0.3 is 0 Å². The molecule has 15 heavy (non-hydrogen) atoms. The second-order valence-electron chi connectivity index (χ2n) is 3.51. The molecule has 0 saturated heterocycles. The molecule has 0 radical (unpaired) electrons. The number of hydrogen-bond acceptors (Lipinski definition) is 3. The topological polar surface area (TPSA) is 47.3 Å². The molecule has 0 amide bonds. The first-order chi connectivity index (χ1) is 7.36. The van der Waals surface area contributed by atoms with Crippen LogP contribution in [0.3, 0.4) is 0 Å². The summed E-state index contributed by atoms with van der Waals surface area (Å²) >= 11 is 0. The maximum Gasteiger partial charge on any atom is 0.0479 e. The fourth-order valence-electron chi connectivity index (χ4n) is 1.41. The van der Waals surface area contributed by atoms with Crippen molar-refractivity contribution in [2.75, 3.05) is 32.1 Å². The minimum atomic E-state index is 0.709.